The highest BCUT2D eigenvalue weighted by molar-refractivity contribution is 5.96. The minimum atomic E-state index is -0.307. The summed E-state index contributed by atoms with van der Waals surface area (Å²) >= 11 is 0. The lowest BCUT2D eigenvalue weighted by molar-refractivity contribution is -0.123. The lowest BCUT2D eigenvalue weighted by atomic mass is 9.96. The average Bonchev–Trinajstić information content (AvgIpc) is 2.41. The van der Waals surface area contributed by atoms with Crippen molar-refractivity contribution in [3.63, 3.8) is 0 Å². The number of carbonyl (C=O) groups excluding carboxylic acids is 2. The van der Waals surface area contributed by atoms with E-state index in [1.54, 1.807) is 4.90 Å². The molecule has 1 heterocycles. The number of primary amides is 1. The van der Waals surface area contributed by atoms with Gasteiger partial charge in [-0.25, -0.2) is 0 Å². The van der Waals surface area contributed by atoms with E-state index in [2.05, 4.69) is 0 Å². The number of hydrogen-bond donors (Lipinski definition) is 1. The van der Waals surface area contributed by atoms with Crippen LogP contribution in [-0.2, 0) is 4.79 Å². The van der Waals surface area contributed by atoms with Crippen LogP contribution in [0.15, 0.2) is 18.2 Å². The van der Waals surface area contributed by atoms with Gasteiger partial charge in [0.15, 0.2) is 0 Å². The standard InChI is InChI=1S/C15H20N2O2/c1-10-5-6-11(2)13(8-10)15(19)17-7-3-4-12(9-17)14(16)18/h5-6,8,12H,3-4,7,9H2,1-2H3,(H2,16,18). The Bertz CT molecular complexity index is 511. The molecule has 19 heavy (non-hydrogen) atoms. The molecule has 1 aliphatic rings. The first-order chi connectivity index (χ1) is 8.99. The van der Waals surface area contributed by atoms with Crippen LogP contribution in [0.2, 0.25) is 0 Å². The number of carbonyl (C=O) groups is 2. The van der Waals surface area contributed by atoms with E-state index < -0.39 is 0 Å². The van der Waals surface area contributed by atoms with Crippen LogP contribution in [0.3, 0.4) is 0 Å². The largest absolute Gasteiger partial charge is 0.369 e. The Kier molecular flexibility index (Phi) is 3.88. The SMILES string of the molecule is Cc1ccc(C)c(C(=O)N2CCCC(C(N)=O)C2)c1. The molecule has 1 aromatic rings. The fraction of sp³-hybridized carbons (Fsp3) is 0.467. The molecular formula is C15H20N2O2. The van der Waals surface area contributed by atoms with Gasteiger partial charge in [0.1, 0.15) is 0 Å². The molecular weight excluding hydrogens is 240 g/mol. The minimum absolute atomic E-state index is 0.00662. The maximum atomic E-state index is 12.5. The first kappa shape index (κ1) is 13.6. The second-order valence-electron chi connectivity index (χ2n) is 5.31. The molecule has 2 amide bonds. The van der Waals surface area contributed by atoms with Crippen LogP contribution in [0.1, 0.15) is 34.3 Å². The Morgan fingerprint density at radius 3 is 2.74 bits per heavy atom. The van der Waals surface area contributed by atoms with Crippen molar-refractivity contribution in [3.8, 4) is 0 Å². The molecule has 2 N–H and O–H groups in total. The van der Waals surface area contributed by atoms with Crippen molar-refractivity contribution < 1.29 is 9.59 Å². The quantitative estimate of drug-likeness (QED) is 0.878. The van der Waals surface area contributed by atoms with Crippen LogP contribution in [0.4, 0.5) is 0 Å². The number of nitrogens with two attached hydrogens (primary N) is 1. The summed E-state index contributed by atoms with van der Waals surface area (Å²) in [6.45, 7) is 5.05. The van der Waals surface area contributed by atoms with Gasteiger partial charge >= 0.3 is 0 Å². The van der Waals surface area contributed by atoms with Crippen molar-refractivity contribution in [2.45, 2.75) is 26.7 Å². The summed E-state index contributed by atoms with van der Waals surface area (Å²) in [5, 5.41) is 0. The van der Waals surface area contributed by atoms with E-state index in [4.69, 9.17) is 5.73 Å². The van der Waals surface area contributed by atoms with Gasteiger partial charge in [0.25, 0.3) is 5.91 Å². The molecule has 1 saturated heterocycles. The number of nitrogens with zero attached hydrogens (tertiary/aromatic N) is 1. The molecule has 1 unspecified atom stereocenters. The molecule has 0 radical (unpaired) electrons. The summed E-state index contributed by atoms with van der Waals surface area (Å²) in [6.07, 6.45) is 1.62. The highest BCUT2D eigenvalue weighted by Crippen LogP contribution is 2.20. The van der Waals surface area contributed by atoms with E-state index in [0.717, 1.165) is 29.5 Å². The maximum Gasteiger partial charge on any atom is 0.254 e. The van der Waals surface area contributed by atoms with Crippen LogP contribution in [0, 0.1) is 19.8 Å². The molecule has 1 fully saturated rings. The summed E-state index contributed by atoms with van der Waals surface area (Å²) in [5.74, 6) is -0.506. The number of amides is 2. The summed E-state index contributed by atoms with van der Waals surface area (Å²) in [7, 11) is 0. The molecule has 0 spiro atoms. The summed E-state index contributed by atoms with van der Waals surface area (Å²) in [4.78, 5) is 25.5. The number of hydrogen-bond acceptors (Lipinski definition) is 2. The third-order valence-electron chi connectivity index (χ3n) is 3.73. The maximum absolute atomic E-state index is 12.5. The summed E-state index contributed by atoms with van der Waals surface area (Å²) in [6, 6.07) is 5.86. The molecule has 1 atom stereocenters. The Labute approximate surface area is 113 Å². The molecule has 0 bridgehead atoms. The number of piperidine rings is 1. The summed E-state index contributed by atoms with van der Waals surface area (Å²) < 4.78 is 0. The zero-order valence-electron chi connectivity index (χ0n) is 11.5. The first-order valence-corrected chi connectivity index (χ1v) is 6.65. The molecule has 2 rings (SSSR count). The van der Waals surface area contributed by atoms with E-state index >= 15 is 0 Å². The predicted molar refractivity (Wildman–Crippen MR) is 73.7 cm³/mol. The zero-order valence-corrected chi connectivity index (χ0v) is 11.5. The molecule has 4 nitrogen and oxygen atoms in total. The second-order valence-corrected chi connectivity index (χ2v) is 5.31. The van der Waals surface area contributed by atoms with E-state index in [1.807, 2.05) is 32.0 Å². The van der Waals surface area contributed by atoms with Crippen molar-refractivity contribution >= 4 is 11.8 Å². The molecule has 0 aromatic heterocycles. The van der Waals surface area contributed by atoms with Crippen LogP contribution in [0.25, 0.3) is 0 Å². The monoisotopic (exact) mass is 260 g/mol. The highest BCUT2D eigenvalue weighted by atomic mass is 16.2. The van der Waals surface area contributed by atoms with Crippen molar-refractivity contribution in [2.75, 3.05) is 13.1 Å². The number of rotatable bonds is 2. The normalized spacial score (nSPS) is 19.3. The van der Waals surface area contributed by atoms with Crippen molar-refractivity contribution in [1.29, 1.82) is 0 Å². The van der Waals surface area contributed by atoms with Gasteiger partial charge in [-0.1, -0.05) is 17.7 Å². The molecule has 102 valence electrons. The van der Waals surface area contributed by atoms with Crippen LogP contribution >= 0.6 is 0 Å². The Morgan fingerprint density at radius 1 is 1.32 bits per heavy atom. The van der Waals surface area contributed by atoms with Gasteiger partial charge in [-0.3, -0.25) is 9.59 Å². The van der Waals surface area contributed by atoms with E-state index in [-0.39, 0.29) is 17.7 Å². The molecule has 4 heteroatoms. The first-order valence-electron chi connectivity index (χ1n) is 6.65. The van der Waals surface area contributed by atoms with Crippen molar-refractivity contribution in [1.82, 2.24) is 4.90 Å². The predicted octanol–water partition coefficient (Wildman–Crippen LogP) is 1.64. The lowest BCUT2D eigenvalue weighted by Crippen LogP contribution is -2.44. The third-order valence-corrected chi connectivity index (χ3v) is 3.73. The zero-order chi connectivity index (χ0) is 14.0. The van der Waals surface area contributed by atoms with Crippen LogP contribution in [-0.4, -0.2) is 29.8 Å². The second kappa shape index (κ2) is 5.43. The molecule has 0 saturated carbocycles. The van der Waals surface area contributed by atoms with Gasteiger partial charge in [-0.2, -0.15) is 0 Å². The average molecular weight is 260 g/mol. The molecule has 0 aliphatic carbocycles. The van der Waals surface area contributed by atoms with Crippen LogP contribution in [0.5, 0.6) is 0 Å². The van der Waals surface area contributed by atoms with Gasteiger partial charge in [-0.05, 0) is 38.3 Å². The van der Waals surface area contributed by atoms with E-state index in [9.17, 15) is 9.59 Å². The molecule has 1 aliphatic heterocycles. The van der Waals surface area contributed by atoms with Gasteiger partial charge in [0, 0.05) is 18.7 Å². The minimum Gasteiger partial charge on any atom is -0.369 e. The highest BCUT2D eigenvalue weighted by Gasteiger charge is 2.28. The number of aryl methyl sites for hydroxylation is 2. The van der Waals surface area contributed by atoms with Crippen LogP contribution < -0.4 is 5.73 Å². The van der Waals surface area contributed by atoms with Gasteiger partial charge in [-0.15, -0.1) is 0 Å². The van der Waals surface area contributed by atoms with Crippen molar-refractivity contribution in [2.24, 2.45) is 11.7 Å². The van der Waals surface area contributed by atoms with Gasteiger partial charge in [0.2, 0.25) is 5.91 Å². The van der Waals surface area contributed by atoms with Gasteiger partial charge in [0.05, 0.1) is 5.92 Å². The van der Waals surface area contributed by atoms with Gasteiger partial charge < -0.3 is 10.6 Å². The lowest BCUT2D eigenvalue weighted by Gasteiger charge is -2.31. The van der Waals surface area contributed by atoms with E-state index in [1.165, 1.54) is 0 Å². The number of benzene rings is 1. The van der Waals surface area contributed by atoms with E-state index in [0.29, 0.717) is 13.1 Å². The van der Waals surface area contributed by atoms with Crippen molar-refractivity contribution in [3.05, 3.63) is 34.9 Å². The fourth-order valence-corrected chi connectivity index (χ4v) is 2.53. The summed E-state index contributed by atoms with van der Waals surface area (Å²) in [5.41, 5.74) is 8.11. The Hall–Kier alpha value is -1.84. The number of likely N-dealkylation sites (tertiary alicyclic amines) is 1. The third kappa shape index (κ3) is 2.95. The Balaban J connectivity index is 2.19. The topological polar surface area (TPSA) is 63.4 Å². The fourth-order valence-electron chi connectivity index (χ4n) is 2.53. The Morgan fingerprint density at radius 2 is 2.05 bits per heavy atom. The smallest absolute Gasteiger partial charge is 0.254 e. The molecule has 1 aromatic carbocycles.